The van der Waals surface area contributed by atoms with Crippen molar-refractivity contribution in [1.29, 1.82) is 0 Å². The molecule has 2 N–H and O–H groups in total. The molecule has 0 bridgehead atoms. The largest absolute Gasteiger partial charge is 0.489 e. The number of nitrogens with one attached hydrogen (secondary N) is 1. The van der Waals surface area contributed by atoms with Crippen LogP contribution in [0, 0.1) is 0 Å². The molecule has 0 amide bonds. The third-order valence-corrected chi connectivity index (χ3v) is 6.32. The number of fused-ring (bicyclic) bond motifs is 3. The van der Waals surface area contributed by atoms with Gasteiger partial charge in [-0.2, -0.15) is 0 Å². The number of hydrogen-bond acceptors (Lipinski definition) is 6. The van der Waals surface area contributed by atoms with Gasteiger partial charge in [-0.05, 0) is 73.3 Å². The van der Waals surface area contributed by atoms with Crippen molar-refractivity contribution in [2.24, 2.45) is 0 Å². The molecule has 2 aliphatic rings. The quantitative estimate of drug-likeness (QED) is 0.638. The van der Waals surface area contributed by atoms with E-state index in [1.807, 2.05) is 5.51 Å². The van der Waals surface area contributed by atoms with Gasteiger partial charge < -0.3 is 19.9 Å². The van der Waals surface area contributed by atoms with Crippen LogP contribution in [0.1, 0.15) is 29.5 Å². The van der Waals surface area contributed by atoms with Gasteiger partial charge in [-0.25, -0.2) is 4.98 Å². The Kier molecular flexibility index (Phi) is 6.08. The second kappa shape index (κ2) is 8.90. The fourth-order valence-corrected chi connectivity index (χ4v) is 4.89. The first-order chi connectivity index (χ1) is 14.2. The van der Waals surface area contributed by atoms with Gasteiger partial charge in [-0.15, -0.1) is 11.3 Å². The zero-order valence-electron chi connectivity index (χ0n) is 16.1. The minimum absolute atomic E-state index is 0.0887. The molecule has 29 heavy (non-hydrogen) atoms. The molecule has 6 nitrogen and oxygen atoms in total. The van der Waals surface area contributed by atoms with E-state index in [4.69, 9.17) is 19.4 Å². The molecule has 1 aromatic heterocycles. The second-order valence-corrected chi connectivity index (χ2v) is 8.10. The van der Waals surface area contributed by atoms with Crippen molar-refractivity contribution in [3.63, 3.8) is 0 Å². The molecule has 0 unspecified atom stereocenters. The average molecular weight is 413 g/mol. The lowest BCUT2D eigenvalue weighted by atomic mass is 9.80. The van der Waals surface area contributed by atoms with Crippen LogP contribution < -0.4 is 10.1 Å². The number of aromatic nitrogens is 1. The molecule has 3 aromatic rings. The minimum atomic E-state index is -0.250. The molecule has 2 aromatic carbocycles. The SMILES string of the molecule is O=CO.c1nc2ccc(COc3ccc4c(c3)CCOC43CCNCC3)cc2s1. The van der Waals surface area contributed by atoms with E-state index in [1.54, 1.807) is 11.3 Å². The molecule has 0 radical (unpaired) electrons. The highest BCUT2D eigenvalue weighted by atomic mass is 32.1. The van der Waals surface area contributed by atoms with Gasteiger partial charge in [-0.1, -0.05) is 12.1 Å². The zero-order valence-corrected chi connectivity index (χ0v) is 16.9. The molecule has 0 atom stereocenters. The van der Waals surface area contributed by atoms with Crippen molar-refractivity contribution >= 4 is 28.0 Å². The van der Waals surface area contributed by atoms with Crippen LogP contribution in [0.15, 0.2) is 41.9 Å². The second-order valence-electron chi connectivity index (χ2n) is 7.21. The van der Waals surface area contributed by atoms with Gasteiger partial charge in [-0.3, -0.25) is 4.79 Å². The maximum Gasteiger partial charge on any atom is 0.290 e. The molecule has 1 fully saturated rings. The topological polar surface area (TPSA) is 80.7 Å². The Labute approximate surface area is 173 Å². The first kappa shape index (κ1) is 19.8. The fraction of sp³-hybridized carbons (Fsp3) is 0.364. The van der Waals surface area contributed by atoms with E-state index in [-0.39, 0.29) is 12.1 Å². The van der Waals surface area contributed by atoms with Crippen LogP contribution in [0.5, 0.6) is 5.75 Å². The van der Waals surface area contributed by atoms with E-state index in [0.29, 0.717) is 6.61 Å². The van der Waals surface area contributed by atoms with Crippen LogP contribution in [0.3, 0.4) is 0 Å². The standard InChI is InChI=1S/C21H22N2O2S.CH2O2/c1-4-19-20(26-14-23-19)11-15(1)13-24-17-2-3-18-16(12-17)5-10-25-21(18)6-8-22-9-7-21;2-1-3/h1-4,11-12,14,22H,5-10,13H2;1H,(H,2,3). The summed E-state index contributed by atoms with van der Waals surface area (Å²) in [5.74, 6) is 0.944. The molecule has 1 saturated heterocycles. The molecule has 3 heterocycles. The lowest BCUT2D eigenvalue weighted by molar-refractivity contribution is -0.122. The summed E-state index contributed by atoms with van der Waals surface area (Å²) in [6.45, 7) is 3.19. The Morgan fingerprint density at radius 3 is 2.90 bits per heavy atom. The number of hydrogen-bond donors (Lipinski definition) is 2. The van der Waals surface area contributed by atoms with E-state index in [0.717, 1.165) is 50.2 Å². The number of nitrogens with zero attached hydrogens (tertiary/aromatic N) is 1. The summed E-state index contributed by atoms with van der Waals surface area (Å²) < 4.78 is 13.5. The number of piperidine rings is 1. The molecule has 5 rings (SSSR count). The third-order valence-electron chi connectivity index (χ3n) is 5.53. The molecule has 2 aliphatic heterocycles. The number of carbonyl (C=O) groups is 1. The van der Waals surface area contributed by atoms with Gasteiger partial charge in [0.25, 0.3) is 6.47 Å². The van der Waals surface area contributed by atoms with Crippen molar-refractivity contribution in [3.05, 3.63) is 58.6 Å². The summed E-state index contributed by atoms with van der Waals surface area (Å²) in [4.78, 5) is 12.7. The van der Waals surface area contributed by atoms with Gasteiger partial charge in [0.1, 0.15) is 12.4 Å². The summed E-state index contributed by atoms with van der Waals surface area (Å²) in [6.07, 6.45) is 3.07. The molecule has 7 heteroatoms. The van der Waals surface area contributed by atoms with Crippen molar-refractivity contribution in [1.82, 2.24) is 10.3 Å². The zero-order chi connectivity index (χ0) is 20.1. The van der Waals surface area contributed by atoms with E-state index < -0.39 is 0 Å². The third kappa shape index (κ3) is 4.27. The molecular formula is C22H24N2O4S. The summed E-state index contributed by atoms with van der Waals surface area (Å²) in [7, 11) is 0. The smallest absolute Gasteiger partial charge is 0.290 e. The normalized spacial score (nSPS) is 17.2. The average Bonchev–Trinajstić information content (AvgIpc) is 3.21. The highest BCUT2D eigenvalue weighted by Gasteiger charge is 2.38. The Hall–Kier alpha value is -2.48. The number of carboxylic acid groups (broad SMARTS) is 1. The van der Waals surface area contributed by atoms with Gasteiger partial charge in [0.05, 0.1) is 27.9 Å². The predicted molar refractivity (Wildman–Crippen MR) is 113 cm³/mol. The van der Waals surface area contributed by atoms with E-state index >= 15 is 0 Å². The minimum Gasteiger partial charge on any atom is -0.489 e. The van der Waals surface area contributed by atoms with Crippen LogP contribution >= 0.6 is 11.3 Å². The molecular weight excluding hydrogens is 388 g/mol. The Bertz CT molecular complexity index is 982. The maximum atomic E-state index is 8.36. The highest BCUT2D eigenvalue weighted by molar-refractivity contribution is 7.16. The fourth-order valence-electron chi connectivity index (χ4n) is 4.15. The van der Waals surface area contributed by atoms with E-state index in [9.17, 15) is 0 Å². The highest BCUT2D eigenvalue weighted by Crippen LogP contribution is 2.41. The van der Waals surface area contributed by atoms with Crippen LogP contribution in [0.4, 0.5) is 0 Å². The number of benzene rings is 2. The van der Waals surface area contributed by atoms with Gasteiger partial charge in [0, 0.05) is 0 Å². The summed E-state index contributed by atoms with van der Waals surface area (Å²) in [5.41, 5.74) is 6.78. The first-order valence-electron chi connectivity index (χ1n) is 9.75. The molecule has 1 spiro atoms. The number of ether oxygens (including phenoxy) is 2. The Morgan fingerprint density at radius 2 is 2.07 bits per heavy atom. The van der Waals surface area contributed by atoms with Gasteiger partial charge in [0.2, 0.25) is 0 Å². The first-order valence-corrected chi connectivity index (χ1v) is 10.6. The Morgan fingerprint density at radius 1 is 1.24 bits per heavy atom. The van der Waals surface area contributed by atoms with E-state index in [2.05, 4.69) is 46.7 Å². The number of rotatable bonds is 3. The van der Waals surface area contributed by atoms with Gasteiger partial charge in [0.15, 0.2) is 0 Å². The van der Waals surface area contributed by atoms with Crippen LogP contribution in [0.25, 0.3) is 10.2 Å². The predicted octanol–water partition coefficient (Wildman–Crippen LogP) is 3.73. The molecule has 0 saturated carbocycles. The van der Waals surface area contributed by atoms with Crippen LogP contribution in [0.2, 0.25) is 0 Å². The van der Waals surface area contributed by atoms with Crippen molar-refractivity contribution in [2.75, 3.05) is 19.7 Å². The van der Waals surface area contributed by atoms with Crippen molar-refractivity contribution in [3.8, 4) is 5.75 Å². The number of thiazole rings is 1. The van der Waals surface area contributed by atoms with Crippen LogP contribution in [-0.2, 0) is 28.2 Å². The monoisotopic (exact) mass is 412 g/mol. The van der Waals surface area contributed by atoms with Crippen molar-refractivity contribution in [2.45, 2.75) is 31.5 Å². The summed E-state index contributed by atoms with van der Waals surface area (Å²) in [5, 5.41) is 10.3. The lowest BCUT2D eigenvalue weighted by Gasteiger charge is -2.42. The molecule has 0 aliphatic carbocycles. The Balaban J connectivity index is 0.000000645. The van der Waals surface area contributed by atoms with Crippen LogP contribution in [-0.4, -0.2) is 36.3 Å². The molecule has 152 valence electrons. The lowest BCUT2D eigenvalue weighted by Crippen LogP contribution is -2.44. The van der Waals surface area contributed by atoms with E-state index in [1.165, 1.54) is 21.4 Å². The summed E-state index contributed by atoms with van der Waals surface area (Å²) >= 11 is 1.67. The summed E-state index contributed by atoms with van der Waals surface area (Å²) in [6, 6.07) is 12.9. The van der Waals surface area contributed by atoms with Crippen molar-refractivity contribution < 1.29 is 19.4 Å². The maximum absolute atomic E-state index is 8.36. The van der Waals surface area contributed by atoms with Gasteiger partial charge >= 0.3 is 0 Å².